The van der Waals surface area contributed by atoms with E-state index in [4.69, 9.17) is 5.11 Å². The molecule has 82 valence electrons. The van der Waals surface area contributed by atoms with Crippen LogP contribution in [-0.4, -0.2) is 25.8 Å². The van der Waals surface area contributed by atoms with Gasteiger partial charge in [0.05, 0.1) is 6.33 Å². The molecule has 0 atom stereocenters. The normalized spacial score (nSPS) is 11.4. The smallest absolute Gasteiger partial charge is 0.319 e. The molecule has 0 aliphatic carbocycles. The molecule has 5 nitrogen and oxygen atoms in total. The summed E-state index contributed by atoms with van der Waals surface area (Å²) in [5.74, 6) is -0.939. The number of carboxylic acids is 1. The average molecular weight is 340 g/mol. The Hall–Kier alpha value is -0.570. The maximum Gasteiger partial charge on any atom is 0.319 e. The number of rotatable bonds is 3. The molecule has 0 spiro atoms. The molecule has 0 aliphatic rings. The van der Waals surface area contributed by atoms with E-state index in [1.165, 1.54) is 6.33 Å². The molecule has 1 rings (SSSR count). The van der Waals surface area contributed by atoms with E-state index in [0.717, 1.165) is 11.8 Å². The molecule has 0 radical (unpaired) electrons. The van der Waals surface area contributed by atoms with E-state index in [2.05, 4.69) is 9.97 Å². The van der Waals surface area contributed by atoms with E-state index in [1.807, 2.05) is 22.6 Å². The molecule has 7 heteroatoms. The minimum Gasteiger partial charge on any atom is -0.480 e. The summed E-state index contributed by atoms with van der Waals surface area (Å²) in [6.45, 7) is 3.14. The zero-order chi connectivity index (χ0) is 11.6. The molecule has 2 N–H and O–H groups in total. The SMILES string of the molecule is CC(C)(Sc1nc[nH]c(=O)c1I)C(=O)O. The van der Waals surface area contributed by atoms with Crippen molar-refractivity contribution < 1.29 is 9.90 Å². The second kappa shape index (κ2) is 4.52. The van der Waals surface area contributed by atoms with Crippen LogP contribution in [0.25, 0.3) is 0 Å². The molecule has 0 saturated heterocycles. The highest BCUT2D eigenvalue weighted by atomic mass is 127. The van der Waals surface area contributed by atoms with Crippen LogP contribution >= 0.6 is 34.4 Å². The van der Waals surface area contributed by atoms with Gasteiger partial charge < -0.3 is 10.1 Å². The molecule has 0 unspecified atom stereocenters. The summed E-state index contributed by atoms with van der Waals surface area (Å²) in [5, 5.41) is 9.36. The number of nitrogens with zero attached hydrogens (tertiary/aromatic N) is 1. The number of hydrogen-bond acceptors (Lipinski definition) is 4. The predicted molar refractivity (Wildman–Crippen MR) is 65.1 cm³/mol. The van der Waals surface area contributed by atoms with E-state index in [1.54, 1.807) is 13.8 Å². The first-order chi connectivity index (χ1) is 6.84. The van der Waals surface area contributed by atoms with E-state index < -0.39 is 10.7 Å². The van der Waals surface area contributed by atoms with Crippen molar-refractivity contribution in [2.45, 2.75) is 23.6 Å². The Morgan fingerprint density at radius 1 is 1.67 bits per heavy atom. The third-order valence-corrected chi connectivity index (χ3v) is 4.19. The third kappa shape index (κ3) is 2.94. The second-order valence-corrected chi connectivity index (χ2v) is 5.96. The molecular weight excluding hydrogens is 331 g/mol. The Balaban J connectivity index is 3.05. The molecule has 1 heterocycles. The lowest BCUT2D eigenvalue weighted by molar-refractivity contribution is -0.138. The van der Waals surface area contributed by atoms with Crippen LogP contribution in [0.3, 0.4) is 0 Å². The lowest BCUT2D eigenvalue weighted by Crippen LogP contribution is -2.28. The summed E-state index contributed by atoms with van der Waals surface area (Å²) in [4.78, 5) is 28.5. The van der Waals surface area contributed by atoms with Gasteiger partial charge in [0.1, 0.15) is 13.3 Å². The summed E-state index contributed by atoms with van der Waals surface area (Å²) >= 11 is 2.90. The maximum absolute atomic E-state index is 11.2. The van der Waals surface area contributed by atoms with Crippen LogP contribution < -0.4 is 5.56 Å². The minimum atomic E-state index is -0.999. The topological polar surface area (TPSA) is 83.0 Å². The van der Waals surface area contributed by atoms with Crippen LogP contribution in [0.2, 0.25) is 0 Å². The van der Waals surface area contributed by atoms with Crippen molar-refractivity contribution in [2.24, 2.45) is 0 Å². The summed E-state index contributed by atoms with van der Waals surface area (Å²) < 4.78 is -0.588. The average Bonchev–Trinajstić information content (AvgIpc) is 2.12. The highest BCUT2D eigenvalue weighted by molar-refractivity contribution is 14.1. The fourth-order valence-electron chi connectivity index (χ4n) is 0.723. The van der Waals surface area contributed by atoms with Crippen molar-refractivity contribution in [1.82, 2.24) is 9.97 Å². The quantitative estimate of drug-likeness (QED) is 0.493. The number of halogens is 1. The fraction of sp³-hybridized carbons (Fsp3) is 0.375. The highest BCUT2D eigenvalue weighted by Gasteiger charge is 2.30. The van der Waals surface area contributed by atoms with Crippen molar-refractivity contribution in [3.8, 4) is 0 Å². The van der Waals surface area contributed by atoms with Gasteiger partial charge in [-0.3, -0.25) is 9.59 Å². The van der Waals surface area contributed by atoms with Crippen LogP contribution in [0, 0.1) is 3.57 Å². The van der Waals surface area contributed by atoms with Gasteiger partial charge in [-0.25, -0.2) is 4.98 Å². The van der Waals surface area contributed by atoms with Crippen LogP contribution in [0.15, 0.2) is 16.1 Å². The van der Waals surface area contributed by atoms with Gasteiger partial charge in [0, 0.05) is 0 Å². The molecule has 0 fully saturated rings. The number of thioether (sulfide) groups is 1. The Kier molecular flexibility index (Phi) is 3.77. The van der Waals surface area contributed by atoms with E-state index in [-0.39, 0.29) is 5.56 Å². The van der Waals surface area contributed by atoms with Gasteiger partial charge in [0.15, 0.2) is 0 Å². The number of carboxylic acid groups (broad SMARTS) is 1. The van der Waals surface area contributed by atoms with Gasteiger partial charge in [-0.2, -0.15) is 0 Å². The summed E-state index contributed by atoms with van der Waals surface area (Å²) in [5.41, 5.74) is -0.255. The standard InChI is InChI=1S/C8H9IN2O3S/c1-8(2,7(13)14)15-6-4(9)5(12)10-3-11-6/h3H,1-2H3,(H,13,14)(H,10,11,12). The molecule has 15 heavy (non-hydrogen) atoms. The largest absolute Gasteiger partial charge is 0.480 e. The maximum atomic E-state index is 11.2. The van der Waals surface area contributed by atoms with E-state index in [9.17, 15) is 9.59 Å². The van der Waals surface area contributed by atoms with Gasteiger partial charge in [0.25, 0.3) is 5.56 Å². The lowest BCUT2D eigenvalue weighted by atomic mass is 10.2. The van der Waals surface area contributed by atoms with Gasteiger partial charge >= 0.3 is 5.97 Å². The van der Waals surface area contributed by atoms with Crippen molar-refractivity contribution in [1.29, 1.82) is 0 Å². The zero-order valence-corrected chi connectivity index (χ0v) is 11.0. The molecular formula is C8H9IN2O3S. The molecule has 0 bridgehead atoms. The van der Waals surface area contributed by atoms with Crippen molar-refractivity contribution in [3.05, 3.63) is 20.3 Å². The van der Waals surface area contributed by atoms with Crippen LogP contribution in [0.1, 0.15) is 13.8 Å². The third-order valence-electron chi connectivity index (χ3n) is 1.63. The number of nitrogens with one attached hydrogen (secondary N) is 1. The second-order valence-electron chi connectivity index (χ2n) is 3.27. The molecule has 0 aliphatic heterocycles. The van der Waals surface area contributed by atoms with Crippen LogP contribution in [-0.2, 0) is 4.79 Å². The highest BCUT2D eigenvalue weighted by Crippen LogP contribution is 2.32. The molecule has 1 aromatic heterocycles. The molecule has 1 aromatic rings. The van der Waals surface area contributed by atoms with Crippen LogP contribution in [0.5, 0.6) is 0 Å². The number of aromatic amines is 1. The van der Waals surface area contributed by atoms with E-state index in [0.29, 0.717) is 8.60 Å². The first-order valence-electron chi connectivity index (χ1n) is 4.00. The summed E-state index contributed by atoms with van der Waals surface area (Å²) in [7, 11) is 0. The van der Waals surface area contributed by atoms with Gasteiger partial charge in [-0.15, -0.1) is 0 Å². The molecule has 0 amide bonds. The van der Waals surface area contributed by atoms with Crippen molar-refractivity contribution >= 4 is 40.3 Å². The summed E-state index contributed by atoms with van der Waals surface area (Å²) in [6, 6.07) is 0. The first kappa shape index (κ1) is 12.5. The van der Waals surface area contributed by atoms with Crippen molar-refractivity contribution in [2.75, 3.05) is 0 Å². The summed E-state index contributed by atoms with van der Waals surface area (Å²) in [6.07, 6.45) is 1.27. The van der Waals surface area contributed by atoms with Crippen molar-refractivity contribution in [3.63, 3.8) is 0 Å². The minimum absolute atomic E-state index is 0.255. The molecule has 0 aromatic carbocycles. The monoisotopic (exact) mass is 340 g/mol. The fourth-order valence-corrected chi connectivity index (χ4v) is 2.21. The lowest BCUT2D eigenvalue weighted by Gasteiger charge is -2.17. The Morgan fingerprint density at radius 2 is 2.27 bits per heavy atom. The molecule has 0 saturated carbocycles. The number of aliphatic carboxylic acids is 1. The Morgan fingerprint density at radius 3 is 2.80 bits per heavy atom. The number of hydrogen-bond donors (Lipinski definition) is 2. The van der Waals surface area contributed by atoms with Gasteiger partial charge in [-0.05, 0) is 36.4 Å². The zero-order valence-electron chi connectivity index (χ0n) is 8.07. The Bertz CT molecular complexity index is 444. The number of carbonyl (C=O) groups is 1. The van der Waals surface area contributed by atoms with Gasteiger partial charge in [-0.1, -0.05) is 11.8 Å². The first-order valence-corrected chi connectivity index (χ1v) is 5.89. The Labute approximate surface area is 104 Å². The predicted octanol–water partition coefficient (Wildman–Crippen LogP) is 1.33. The number of H-pyrrole nitrogens is 1. The van der Waals surface area contributed by atoms with Gasteiger partial charge in [0.2, 0.25) is 0 Å². The number of aromatic nitrogens is 2. The van der Waals surface area contributed by atoms with Crippen LogP contribution in [0.4, 0.5) is 0 Å². The van der Waals surface area contributed by atoms with E-state index >= 15 is 0 Å².